The van der Waals surface area contributed by atoms with E-state index in [0.29, 0.717) is 19.6 Å². The van der Waals surface area contributed by atoms with E-state index in [2.05, 4.69) is 4.98 Å². The highest BCUT2D eigenvalue weighted by Gasteiger charge is 2.50. The summed E-state index contributed by atoms with van der Waals surface area (Å²) >= 11 is 1.57. The molecular formula is C20H19F4N3O4S. The number of aliphatic carboxylic acids is 1. The van der Waals surface area contributed by atoms with Crippen molar-refractivity contribution < 1.29 is 37.1 Å². The fraction of sp³-hybridized carbons (Fsp3) is 0.400. The first-order valence-corrected chi connectivity index (χ1v) is 10.5. The molecule has 2 fully saturated rings. The average molecular weight is 473 g/mol. The molecule has 2 aliphatic heterocycles. The van der Waals surface area contributed by atoms with Crippen LogP contribution in [-0.4, -0.2) is 58.6 Å². The maximum atomic E-state index is 13.3. The molecule has 7 nitrogen and oxygen atoms in total. The molecule has 0 aromatic carbocycles. The van der Waals surface area contributed by atoms with Gasteiger partial charge in [-0.05, 0) is 36.8 Å². The molecular weight excluding hydrogens is 454 g/mol. The first-order chi connectivity index (χ1) is 15.0. The van der Waals surface area contributed by atoms with Gasteiger partial charge in [-0.25, -0.2) is 9.78 Å². The van der Waals surface area contributed by atoms with Crippen LogP contribution >= 0.6 is 11.3 Å². The van der Waals surface area contributed by atoms with Crippen molar-refractivity contribution in [1.29, 1.82) is 0 Å². The molecule has 0 saturated carbocycles. The lowest BCUT2D eigenvalue weighted by atomic mass is 9.78. The Morgan fingerprint density at radius 2 is 1.91 bits per heavy atom. The lowest BCUT2D eigenvalue weighted by molar-refractivity contribution is -0.192. The Balaban J connectivity index is 0.000000360. The molecule has 1 spiro atoms. The summed E-state index contributed by atoms with van der Waals surface area (Å²) in [6, 6.07) is 4.62. The van der Waals surface area contributed by atoms with Gasteiger partial charge in [0.1, 0.15) is 0 Å². The second-order valence-corrected chi connectivity index (χ2v) is 8.25. The third-order valence-electron chi connectivity index (χ3n) is 5.41. The fourth-order valence-corrected chi connectivity index (χ4v) is 4.52. The quantitative estimate of drug-likeness (QED) is 0.532. The van der Waals surface area contributed by atoms with Gasteiger partial charge in [0.25, 0.3) is 5.91 Å². The summed E-state index contributed by atoms with van der Waals surface area (Å²) < 4.78 is 45.1. The Labute approximate surface area is 184 Å². The molecule has 1 atom stereocenters. The van der Waals surface area contributed by atoms with Crippen molar-refractivity contribution in [2.75, 3.05) is 24.5 Å². The van der Waals surface area contributed by atoms with Crippen LogP contribution in [0, 0.1) is 11.4 Å². The number of nitrogens with zero attached hydrogens (tertiary/aromatic N) is 3. The number of likely N-dealkylation sites (tertiary alicyclic amines) is 1. The Bertz CT molecular complexity index is 999. The zero-order valence-electron chi connectivity index (χ0n) is 16.6. The Hall–Kier alpha value is -3.02. The van der Waals surface area contributed by atoms with E-state index in [9.17, 15) is 27.2 Å². The average Bonchev–Trinajstić information content (AvgIpc) is 3.37. The van der Waals surface area contributed by atoms with E-state index >= 15 is 0 Å². The summed E-state index contributed by atoms with van der Waals surface area (Å²) in [4.78, 5) is 41.7. The van der Waals surface area contributed by atoms with Crippen LogP contribution < -0.4 is 4.90 Å². The van der Waals surface area contributed by atoms with Crippen molar-refractivity contribution in [3.8, 4) is 0 Å². The van der Waals surface area contributed by atoms with Crippen LogP contribution in [0.2, 0.25) is 0 Å². The molecule has 2 aromatic rings. The van der Waals surface area contributed by atoms with E-state index in [1.54, 1.807) is 16.2 Å². The van der Waals surface area contributed by atoms with Crippen LogP contribution in [0.3, 0.4) is 0 Å². The van der Waals surface area contributed by atoms with E-state index in [-0.39, 0.29) is 17.4 Å². The van der Waals surface area contributed by atoms with Gasteiger partial charge in [-0.15, -0.1) is 0 Å². The SMILES string of the molecule is O=C(O)C(F)(F)F.O=C(c1ccnc(F)c1)N1CCCC2(CCN(c3ccsc3)C2=O)C1. The van der Waals surface area contributed by atoms with Crippen LogP contribution in [0.25, 0.3) is 0 Å². The number of anilines is 1. The first-order valence-electron chi connectivity index (χ1n) is 9.59. The normalized spacial score (nSPS) is 20.8. The molecule has 172 valence electrons. The number of carbonyl (C=O) groups is 3. The van der Waals surface area contributed by atoms with Crippen molar-refractivity contribution in [3.05, 3.63) is 46.7 Å². The molecule has 1 unspecified atom stereocenters. The number of carboxylic acids is 1. The number of rotatable bonds is 2. The molecule has 2 saturated heterocycles. The lowest BCUT2D eigenvalue weighted by Gasteiger charge is -2.39. The number of hydrogen-bond donors (Lipinski definition) is 1. The molecule has 4 rings (SSSR count). The lowest BCUT2D eigenvalue weighted by Crippen LogP contribution is -2.49. The predicted octanol–water partition coefficient (Wildman–Crippen LogP) is 3.57. The number of piperidine rings is 1. The number of thiophene rings is 1. The molecule has 32 heavy (non-hydrogen) atoms. The first kappa shape index (κ1) is 23.6. The van der Waals surface area contributed by atoms with Gasteiger partial charge < -0.3 is 14.9 Å². The number of aromatic nitrogens is 1. The van der Waals surface area contributed by atoms with Crippen molar-refractivity contribution in [2.45, 2.75) is 25.4 Å². The zero-order valence-corrected chi connectivity index (χ0v) is 17.5. The van der Waals surface area contributed by atoms with Crippen LogP contribution in [0.4, 0.5) is 23.2 Å². The number of halogens is 4. The summed E-state index contributed by atoms with van der Waals surface area (Å²) in [5.74, 6) is -3.56. The monoisotopic (exact) mass is 473 g/mol. The maximum absolute atomic E-state index is 13.3. The maximum Gasteiger partial charge on any atom is 0.490 e. The standard InChI is InChI=1S/C18H18FN3O2S.C2HF3O2/c19-15-10-13(2-6-20-15)16(23)21-7-1-4-18(12-21)5-8-22(17(18)24)14-3-9-25-11-14;3-2(4,5)1(6)7/h2-3,6,9-11H,1,4-5,7-8,12H2;(H,6,7). The smallest absolute Gasteiger partial charge is 0.475 e. The minimum absolute atomic E-state index is 0.101. The van der Waals surface area contributed by atoms with Crippen molar-refractivity contribution >= 4 is 34.8 Å². The van der Waals surface area contributed by atoms with Gasteiger partial charge in [-0.1, -0.05) is 0 Å². The molecule has 1 N–H and O–H groups in total. The second kappa shape index (κ2) is 9.23. The molecule has 0 bridgehead atoms. The molecule has 12 heteroatoms. The highest BCUT2D eigenvalue weighted by atomic mass is 32.1. The highest BCUT2D eigenvalue weighted by molar-refractivity contribution is 7.08. The van der Waals surface area contributed by atoms with Crippen LogP contribution in [-0.2, 0) is 9.59 Å². The fourth-order valence-electron chi connectivity index (χ4n) is 3.88. The van der Waals surface area contributed by atoms with Crippen LogP contribution in [0.5, 0.6) is 0 Å². The summed E-state index contributed by atoms with van der Waals surface area (Å²) in [5, 5.41) is 11.1. The minimum atomic E-state index is -5.08. The second-order valence-electron chi connectivity index (χ2n) is 7.47. The van der Waals surface area contributed by atoms with E-state index < -0.39 is 23.5 Å². The van der Waals surface area contributed by atoms with Crippen molar-refractivity contribution in [2.24, 2.45) is 5.41 Å². The van der Waals surface area contributed by atoms with Gasteiger partial charge >= 0.3 is 12.1 Å². The van der Waals surface area contributed by atoms with Crippen molar-refractivity contribution in [3.63, 3.8) is 0 Å². The van der Waals surface area contributed by atoms with Gasteiger partial charge in [0.15, 0.2) is 0 Å². The van der Waals surface area contributed by atoms with Gasteiger partial charge in [-0.2, -0.15) is 28.9 Å². The van der Waals surface area contributed by atoms with E-state index in [1.165, 1.54) is 12.3 Å². The predicted molar refractivity (Wildman–Crippen MR) is 107 cm³/mol. The number of hydrogen-bond acceptors (Lipinski definition) is 5. The number of alkyl halides is 3. The number of amides is 2. The molecule has 0 radical (unpaired) electrons. The van der Waals surface area contributed by atoms with Crippen LogP contribution in [0.15, 0.2) is 35.2 Å². The van der Waals surface area contributed by atoms with Crippen LogP contribution in [0.1, 0.15) is 29.6 Å². The van der Waals surface area contributed by atoms with Gasteiger partial charge in [0.2, 0.25) is 11.9 Å². The Kier molecular flexibility index (Phi) is 6.82. The van der Waals surface area contributed by atoms with E-state index in [1.807, 2.05) is 21.7 Å². The molecule has 2 amide bonds. The van der Waals surface area contributed by atoms with E-state index in [4.69, 9.17) is 9.90 Å². The minimum Gasteiger partial charge on any atom is -0.475 e. The molecule has 2 aromatic heterocycles. The number of carbonyl (C=O) groups excluding carboxylic acids is 2. The summed E-state index contributed by atoms with van der Waals surface area (Å²) in [7, 11) is 0. The van der Waals surface area contributed by atoms with E-state index in [0.717, 1.165) is 31.0 Å². The topological polar surface area (TPSA) is 90.8 Å². The number of pyridine rings is 1. The van der Waals surface area contributed by atoms with Crippen molar-refractivity contribution in [1.82, 2.24) is 9.88 Å². The van der Waals surface area contributed by atoms with Gasteiger partial charge in [0, 0.05) is 42.8 Å². The molecule has 2 aliphatic rings. The summed E-state index contributed by atoms with van der Waals surface area (Å²) in [6.07, 6.45) is -1.47. The Morgan fingerprint density at radius 1 is 1.19 bits per heavy atom. The third-order valence-corrected chi connectivity index (χ3v) is 6.08. The molecule has 0 aliphatic carbocycles. The molecule has 4 heterocycles. The highest BCUT2D eigenvalue weighted by Crippen LogP contribution is 2.42. The van der Waals surface area contributed by atoms with Gasteiger partial charge in [-0.3, -0.25) is 9.59 Å². The Morgan fingerprint density at radius 3 is 2.50 bits per heavy atom. The third kappa shape index (κ3) is 5.06. The van der Waals surface area contributed by atoms with Gasteiger partial charge in [0.05, 0.1) is 11.1 Å². The summed E-state index contributed by atoms with van der Waals surface area (Å²) in [6.45, 7) is 1.67. The zero-order chi connectivity index (χ0) is 23.5. The largest absolute Gasteiger partial charge is 0.490 e. The summed E-state index contributed by atoms with van der Waals surface area (Å²) in [5.41, 5.74) is 0.706. The number of carboxylic acid groups (broad SMARTS) is 1.